The standard InChI is InChI=1S/C14H14N2OS/c1-8-3-4-11-10(7-8)9(2)13(17-11)12(15)14-16-5-6-18-14/h3-7,12H,15H2,1-2H3. The largest absolute Gasteiger partial charge is 0.459 e. The second-order valence-corrected chi connectivity index (χ2v) is 5.37. The van der Waals surface area contributed by atoms with E-state index < -0.39 is 0 Å². The molecule has 3 aromatic rings. The van der Waals surface area contributed by atoms with Crippen LogP contribution < -0.4 is 5.73 Å². The molecule has 2 aromatic heterocycles. The average Bonchev–Trinajstić information content (AvgIpc) is 2.98. The lowest BCUT2D eigenvalue weighted by Crippen LogP contribution is -2.11. The number of nitrogens with zero attached hydrogens (tertiary/aromatic N) is 1. The van der Waals surface area contributed by atoms with Gasteiger partial charge in [0.15, 0.2) is 0 Å². The summed E-state index contributed by atoms with van der Waals surface area (Å²) in [6.45, 7) is 4.13. The van der Waals surface area contributed by atoms with Crippen LogP contribution in [0.3, 0.4) is 0 Å². The van der Waals surface area contributed by atoms with Gasteiger partial charge >= 0.3 is 0 Å². The summed E-state index contributed by atoms with van der Waals surface area (Å²) >= 11 is 1.55. The van der Waals surface area contributed by atoms with Crippen LogP contribution in [0.15, 0.2) is 34.2 Å². The number of benzene rings is 1. The number of nitrogens with two attached hydrogens (primary N) is 1. The number of thiazole rings is 1. The van der Waals surface area contributed by atoms with Crippen LogP contribution in [0.5, 0.6) is 0 Å². The molecule has 92 valence electrons. The van der Waals surface area contributed by atoms with Gasteiger partial charge in [-0.05, 0) is 26.0 Å². The van der Waals surface area contributed by atoms with Crippen molar-refractivity contribution in [3.8, 4) is 0 Å². The van der Waals surface area contributed by atoms with Crippen molar-refractivity contribution in [3.63, 3.8) is 0 Å². The number of hydrogen-bond acceptors (Lipinski definition) is 4. The Hall–Kier alpha value is -1.65. The van der Waals surface area contributed by atoms with Crippen LogP contribution in [0.1, 0.15) is 27.9 Å². The monoisotopic (exact) mass is 258 g/mol. The summed E-state index contributed by atoms with van der Waals surface area (Å²) in [7, 11) is 0. The number of aromatic nitrogens is 1. The molecule has 0 saturated heterocycles. The van der Waals surface area contributed by atoms with Gasteiger partial charge in [0.1, 0.15) is 22.4 Å². The first kappa shape index (κ1) is 11.4. The zero-order chi connectivity index (χ0) is 12.7. The summed E-state index contributed by atoms with van der Waals surface area (Å²) in [4.78, 5) is 4.25. The van der Waals surface area contributed by atoms with Gasteiger partial charge in [-0.1, -0.05) is 11.6 Å². The fourth-order valence-corrected chi connectivity index (χ4v) is 2.79. The minimum atomic E-state index is -0.280. The van der Waals surface area contributed by atoms with Crippen molar-refractivity contribution < 1.29 is 4.42 Å². The van der Waals surface area contributed by atoms with E-state index in [1.807, 2.05) is 24.4 Å². The van der Waals surface area contributed by atoms with Crippen LogP contribution in [-0.2, 0) is 0 Å². The summed E-state index contributed by atoms with van der Waals surface area (Å²) in [5, 5.41) is 3.95. The number of rotatable bonds is 2. The van der Waals surface area contributed by atoms with Gasteiger partial charge in [-0.2, -0.15) is 0 Å². The molecule has 3 rings (SSSR count). The highest BCUT2D eigenvalue weighted by atomic mass is 32.1. The summed E-state index contributed by atoms with van der Waals surface area (Å²) in [6, 6.07) is 5.89. The lowest BCUT2D eigenvalue weighted by molar-refractivity contribution is 0.520. The maximum Gasteiger partial charge on any atom is 0.134 e. The smallest absolute Gasteiger partial charge is 0.134 e. The summed E-state index contributed by atoms with van der Waals surface area (Å²) in [5.74, 6) is 0.811. The van der Waals surface area contributed by atoms with Gasteiger partial charge in [0.25, 0.3) is 0 Å². The molecule has 18 heavy (non-hydrogen) atoms. The molecule has 0 radical (unpaired) electrons. The SMILES string of the molecule is Cc1ccc2oc(C(N)c3nccs3)c(C)c2c1. The Kier molecular flexibility index (Phi) is 2.69. The Morgan fingerprint density at radius 1 is 1.33 bits per heavy atom. The fourth-order valence-electron chi connectivity index (χ4n) is 2.15. The number of hydrogen-bond donors (Lipinski definition) is 1. The van der Waals surface area contributed by atoms with Crippen molar-refractivity contribution in [1.82, 2.24) is 4.98 Å². The molecular formula is C14H14N2OS. The molecule has 1 aromatic carbocycles. The molecule has 4 heteroatoms. The third-order valence-corrected chi connectivity index (χ3v) is 3.99. The Morgan fingerprint density at radius 2 is 2.17 bits per heavy atom. The zero-order valence-corrected chi connectivity index (χ0v) is 11.1. The van der Waals surface area contributed by atoms with E-state index in [1.54, 1.807) is 17.5 Å². The van der Waals surface area contributed by atoms with Crippen molar-refractivity contribution in [2.45, 2.75) is 19.9 Å². The molecule has 0 aliphatic rings. The molecule has 0 aliphatic carbocycles. The van der Waals surface area contributed by atoms with E-state index in [2.05, 4.69) is 18.0 Å². The zero-order valence-electron chi connectivity index (χ0n) is 10.3. The molecule has 0 spiro atoms. The lowest BCUT2D eigenvalue weighted by Gasteiger charge is -2.05. The molecule has 0 aliphatic heterocycles. The molecule has 1 unspecified atom stereocenters. The fraction of sp³-hybridized carbons (Fsp3) is 0.214. The maximum atomic E-state index is 6.22. The molecule has 0 fully saturated rings. The summed E-state index contributed by atoms with van der Waals surface area (Å²) in [5.41, 5.74) is 9.44. The minimum absolute atomic E-state index is 0.280. The first-order chi connectivity index (χ1) is 8.66. The summed E-state index contributed by atoms with van der Waals surface area (Å²) < 4.78 is 5.88. The van der Waals surface area contributed by atoms with Crippen LogP contribution in [-0.4, -0.2) is 4.98 Å². The Morgan fingerprint density at radius 3 is 2.89 bits per heavy atom. The van der Waals surface area contributed by atoms with E-state index in [4.69, 9.17) is 10.2 Å². The molecule has 2 N–H and O–H groups in total. The molecule has 2 heterocycles. The van der Waals surface area contributed by atoms with E-state index in [1.165, 1.54) is 5.56 Å². The third-order valence-electron chi connectivity index (χ3n) is 3.13. The van der Waals surface area contributed by atoms with Crippen LogP contribution in [0.2, 0.25) is 0 Å². The van der Waals surface area contributed by atoms with Gasteiger partial charge in [-0.25, -0.2) is 4.98 Å². The van der Waals surface area contributed by atoms with E-state index in [0.717, 1.165) is 27.3 Å². The van der Waals surface area contributed by atoms with Crippen molar-refractivity contribution in [2.24, 2.45) is 5.73 Å². The third kappa shape index (κ3) is 1.74. The first-order valence-corrected chi connectivity index (χ1v) is 6.69. The van der Waals surface area contributed by atoms with E-state index >= 15 is 0 Å². The Balaban J connectivity index is 2.15. The summed E-state index contributed by atoms with van der Waals surface area (Å²) in [6.07, 6.45) is 1.77. The van der Waals surface area contributed by atoms with Crippen molar-refractivity contribution >= 4 is 22.3 Å². The van der Waals surface area contributed by atoms with Gasteiger partial charge < -0.3 is 10.2 Å². The van der Waals surface area contributed by atoms with Gasteiger partial charge in [-0.15, -0.1) is 11.3 Å². The topological polar surface area (TPSA) is 52.0 Å². The van der Waals surface area contributed by atoms with Crippen LogP contribution in [0.25, 0.3) is 11.0 Å². The van der Waals surface area contributed by atoms with Crippen LogP contribution in [0, 0.1) is 13.8 Å². The Labute approximate surface area is 109 Å². The van der Waals surface area contributed by atoms with Gasteiger partial charge in [0.2, 0.25) is 0 Å². The van der Waals surface area contributed by atoms with Crippen molar-refractivity contribution in [3.05, 3.63) is 51.7 Å². The minimum Gasteiger partial charge on any atom is -0.459 e. The van der Waals surface area contributed by atoms with E-state index in [-0.39, 0.29) is 6.04 Å². The predicted octanol–water partition coefficient (Wildman–Crippen LogP) is 3.55. The molecule has 0 saturated carbocycles. The highest BCUT2D eigenvalue weighted by molar-refractivity contribution is 7.09. The highest BCUT2D eigenvalue weighted by Crippen LogP contribution is 2.32. The average molecular weight is 258 g/mol. The molecule has 1 atom stereocenters. The maximum absolute atomic E-state index is 6.22. The van der Waals surface area contributed by atoms with Crippen LogP contribution >= 0.6 is 11.3 Å². The molecule has 3 nitrogen and oxygen atoms in total. The second-order valence-electron chi connectivity index (χ2n) is 4.44. The molecule has 0 bridgehead atoms. The van der Waals surface area contributed by atoms with E-state index in [0.29, 0.717) is 0 Å². The molecule has 0 amide bonds. The Bertz CT molecular complexity index is 685. The van der Waals surface area contributed by atoms with E-state index in [9.17, 15) is 0 Å². The number of fused-ring (bicyclic) bond motifs is 1. The van der Waals surface area contributed by atoms with Crippen LogP contribution in [0.4, 0.5) is 0 Å². The van der Waals surface area contributed by atoms with Crippen molar-refractivity contribution in [1.29, 1.82) is 0 Å². The lowest BCUT2D eigenvalue weighted by atomic mass is 10.1. The highest BCUT2D eigenvalue weighted by Gasteiger charge is 2.20. The van der Waals surface area contributed by atoms with Gasteiger partial charge in [0, 0.05) is 22.5 Å². The number of furan rings is 1. The normalized spacial score (nSPS) is 13.1. The molecular weight excluding hydrogens is 244 g/mol. The second kappa shape index (κ2) is 4.23. The van der Waals surface area contributed by atoms with Gasteiger partial charge in [-0.3, -0.25) is 0 Å². The predicted molar refractivity (Wildman–Crippen MR) is 73.8 cm³/mol. The quantitative estimate of drug-likeness (QED) is 0.764. The van der Waals surface area contributed by atoms with Gasteiger partial charge in [0.05, 0.1) is 0 Å². The van der Waals surface area contributed by atoms with Crippen molar-refractivity contribution in [2.75, 3.05) is 0 Å². The number of aryl methyl sites for hydroxylation is 2. The first-order valence-electron chi connectivity index (χ1n) is 5.81.